The lowest BCUT2D eigenvalue weighted by molar-refractivity contribution is -0.384. The minimum atomic E-state index is -0.596. The summed E-state index contributed by atoms with van der Waals surface area (Å²) >= 11 is 5.92. The van der Waals surface area contributed by atoms with E-state index in [-0.39, 0.29) is 11.4 Å². The zero-order valence-electron chi connectivity index (χ0n) is 13.4. The van der Waals surface area contributed by atoms with Gasteiger partial charge in [-0.15, -0.1) is 0 Å². The topological polar surface area (TPSA) is 107 Å². The van der Waals surface area contributed by atoms with E-state index >= 15 is 0 Å². The Morgan fingerprint density at radius 1 is 1.31 bits per heavy atom. The van der Waals surface area contributed by atoms with Crippen molar-refractivity contribution in [3.05, 3.63) is 68.9 Å². The number of ether oxygens (including phenoxy) is 1. The number of hydrogen-bond donors (Lipinski definition) is 1. The molecule has 1 heterocycles. The Balaban J connectivity index is 1.77. The highest BCUT2D eigenvalue weighted by Gasteiger charge is 2.14. The average Bonchev–Trinajstić information content (AvgIpc) is 3.05. The maximum absolute atomic E-state index is 12.1. The number of benzene rings is 2. The Morgan fingerprint density at radius 2 is 2.12 bits per heavy atom. The number of nitrogens with one attached hydrogen (secondary N) is 1. The molecule has 132 valence electrons. The quantitative estimate of drug-likeness (QED) is 0.416. The number of rotatable bonds is 5. The Bertz CT molecular complexity index is 1030. The minimum absolute atomic E-state index is 0.0179. The first-order chi connectivity index (χ1) is 12.5. The molecule has 2 aromatic carbocycles. The van der Waals surface area contributed by atoms with E-state index in [2.05, 4.69) is 10.5 Å². The Hall–Kier alpha value is -3.39. The highest BCUT2D eigenvalue weighted by atomic mass is 35.5. The molecule has 26 heavy (non-hydrogen) atoms. The first-order valence-corrected chi connectivity index (χ1v) is 7.70. The van der Waals surface area contributed by atoms with Crippen molar-refractivity contribution in [1.82, 2.24) is 5.43 Å². The molecule has 3 rings (SSSR count). The number of furan rings is 1. The number of nitrogens with zero attached hydrogens (tertiary/aromatic N) is 2. The summed E-state index contributed by atoms with van der Waals surface area (Å²) in [6, 6.07) is 10.5. The number of halogens is 1. The van der Waals surface area contributed by atoms with Crippen molar-refractivity contribution in [2.24, 2.45) is 5.10 Å². The number of methoxy groups -OCH3 is 1. The summed E-state index contributed by atoms with van der Waals surface area (Å²) in [5.41, 5.74) is 3.18. The summed E-state index contributed by atoms with van der Waals surface area (Å²) in [5, 5.41) is 15.6. The number of carbonyl (C=O) groups excluding carboxylic acids is 1. The lowest BCUT2D eigenvalue weighted by Gasteiger charge is -2.04. The van der Waals surface area contributed by atoms with Crippen LogP contribution in [0.3, 0.4) is 0 Å². The van der Waals surface area contributed by atoms with Gasteiger partial charge in [-0.3, -0.25) is 14.9 Å². The highest BCUT2D eigenvalue weighted by Crippen LogP contribution is 2.24. The van der Waals surface area contributed by atoms with Gasteiger partial charge in [-0.25, -0.2) is 5.43 Å². The molecule has 0 aliphatic heterocycles. The van der Waals surface area contributed by atoms with Crippen LogP contribution in [0.1, 0.15) is 16.1 Å². The molecule has 1 amide bonds. The molecule has 0 bridgehead atoms. The van der Waals surface area contributed by atoms with Crippen LogP contribution >= 0.6 is 11.6 Å². The van der Waals surface area contributed by atoms with Gasteiger partial charge in [0.05, 0.1) is 18.2 Å². The molecule has 3 aromatic rings. The van der Waals surface area contributed by atoms with Gasteiger partial charge in [-0.1, -0.05) is 11.6 Å². The average molecular weight is 374 g/mol. The lowest BCUT2D eigenvalue weighted by atomic mass is 10.2. The van der Waals surface area contributed by atoms with Crippen LogP contribution in [0.15, 0.2) is 52.0 Å². The number of nitro groups is 1. The van der Waals surface area contributed by atoms with Crippen molar-refractivity contribution >= 4 is 40.4 Å². The van der Waals surface area contributed by atoms with Crippen molar-refractivity contribution in [1.29, 1.82) is 0 Å². The number of nitro benzene ring substituents is 1. The molecule has 9 heteroatoms. The molecule has 0 fully saturated rings. The fourth-order valence-electron chi connectivity index (χ4n) is 2.28. The minimum Gasteiger partial charge on any atom is -0.496 e. The number of fused-ring (bicyclic) bond motifs is 1. The third kappa shape index (κ3) is 3.65. The standard InChI is InChI=1S/C17H12ClN3O5/c1-25-14-4-2-12(18)6-11(14)9-19-20-17(22)16-8-10-7-13(21(23)24)3-5-15(10)26-16/h2-9H,1H3,(H,20,22)/b19-9+. The van der Waals surface area contributed by atoms with E-state index in [1.165, 1.54) is 37.6 Å². The zero-order valence-corrected chi connectivity index (χ0v) is 14.2. The summed E-state index contributed by atoms with van der Waals surface area (Å²) in [6.45, 7) is 0. The third-order valence-corrected chi connectivity index (χ3v) is 3.73. The molecule has 0 saturated carbocycles. The van der Waals surface area contributed by atoms with Crippen LogP contribution in [0.25, 0.3) is 11.0 Å². The first kappa shape index (κ1) is 17.4. The fraction of sp³-hybridized carbons (Fsp3) is 0.0588. The second-order valence-corrected chi connectivity index (χ2v) is 5.61. The van der Waals surface area contributed by atoms with Gasteiger partial charge in [-0.05, 0) is 30.3 Å². The summed E-state index contributed by atoms with van der Waals surface area (Å²) in [4.78, 5) is 22.4. The maximum Gasteiger partial charge on any atom is 0.307 e. The van der Waals surface area contributed by atoms with Crippen molar-refractivity contribution < 1.29 is 18.9 Å². The van der Waals surface area contributed by atoms with Crippen molar-refractivity contribution in [2.75, 3.05) is 7.11 Å². The van der Waals surface area contributed by atoms with E-state index in [4.69, 9.17) is 20.8 Å². The molecule has 8 nitrogen and oxygen atoms in total. The van der Waals surface area contributed by atoms with Crippen molar-refractivity contribution in [3.63, 3.8) is 0 Å². The van der Waals surface area contributed by atoms with Gasteiger partial charge in [0.25, 0.3) is 5.69 Å². The SMILES string of the molecule is COc1ccc(Cl)cc1/C=N/NC(=O)c1cc2cc([N+](=O)[O-])ccc2o1. The number of amides is 1. The van der Waals surface area contributed by atoms with Gasteiger partial charge in [-0.2, -0.15) is 5.10 Å². The predicted octanol–water partition coefficient (Wildman–Crippen LogP) is 3.77. The van der Waals surface area contributed by atoms with E-state index in [9.17, 15) is 14.9 Å². The molecule has 0 radical (unpaired) electrons. The van der Waals surface area contributed by atoms with Gasteiger partial charge in [0, 0.05) is 28.1 Å². The second-order valence-electron chi connectivity index (χ2n) is 5.18. The molecule has 0 spiro atoms. The first-order valence-electron chi connectivity index (χ1n) is 7.33. The van der Waals surface area contributed by atoms with E-state index < -0.39 is 10.8 Å². The largest absolute Gasteiger partial charge is 0.496 e. The zero-order chi connectivity index (χ0) is 18.7. The van der Waals surface area contributed by atoms with Gasteiger partial charge < -0.3 is 9.15 Å². The van der Waals surface area contributed by atoms with Gasteiger partial charge in [0.15, 0.2) is 5.76 Å². The molecule has 0 atom stereocenters. The lowest BCUT2D eigenvalue weighted by Crippen LogP contribution is -2.16. The van der Waals surface area contributed by atoms with Gasteiger partial charge in [0.2, 0.25) is 0 Å². The second kappa shape index (κ2) is 7.24. The molecule has 1 N–H and O–H groups in total. The van der Waals surface area contributed by atoms with E-state index in [1.807, 2.05) is 0 Å². The molecular weight excluding hydrogens is 362 g/mol. The molecular formula is C17H12ClN3O5. The molecule has 0 aliphatic carbocycles. The van der Waals surface area contributed by atoms with Crippen LogP contribution in [0.5, 0.6) is 5.75 Å². The van der Waals surface area contributed by atoms with Crippen LogP contribution < -0.4 is 10.2 Å². The molecule has 1 aromatic heterocycles. The smallest absolute Gasteiger partial charge is 0.307 e. The van der Waals surface area contributed by atoms with Crippen LogP contribution in [0.4, 0.5) is 5.69 Å². The van der Waals surface area contributed by atoms with Crippen LogP contribution in [0, 0.1) is 10.1 Å². The predicted molar refractivity (Wildman–Crippen MR) is 95.9 cm³/mol. The van der Waals surface area contributed by atoms with Gasteiger partial charge >= 0.3 is 5.91 Å². The van der Waals surface area contributed by atoms with Crippen molar-refractivity contribution in [2.45, 2.75) is 0 Å². The summed E-state index contributed by atoms with van der Waals surface area (Å²) in [7, 11) is 1.51. The van der Waals surface area contributed by atoms with Gasteiger partial charge in [0.1, 0.15) is 11.3 Å². The van der Waals surface area contributed by atoms with E-state index in [0.29, 0.717) is 27.3 Å². The van der Waals surface area contributed by atoms with Crippen LogP contribution in [0.2, 0.25) is 5.02 Å². The number of hydrogen-bond acceptors (Lipinski definition) is 6. The number of hydrazone groups is 1. The molecule has 0 saturated heterocycles. The summed E-state index contributed by atoms with van der Waals surface area (Å²) in [5.74, 6) is -0.0692. The Labute approximate surface area is 152 Å². The van der Waals surface area contributed by atoms with Crippen LogP contribution in [-0.4, -0.2) is 24.2 Å². The summed E-state index contributed by atoms with van der Waals surface area (Å²) in [6.07, 6.45) is 1.39. The van der Waals surface area contributed by atoms with Crippen LogP contribution in [-0.2, 0) is 0 Å². The van der Waals surface area contributed by atoms with Crippen molar-refractivity contribution in [3.8, 4) is 5.75 Å². The third-order valence-electron chi connectivity index (χ3n) is 3.50. The normalized spacial score (nSPS) is 11.0. The summed E-state index contributed by atoms with van der Waals surface area (Å²) < 4.78 is 10.6. The molecule has 0 unspecified atom stereocenters. The fourth-order valence-corrected chi connectivity index (χ4v) is 2.46. The monoisotopic (exact) mass is 373 g/mol. The van der Waals surface area contributed by atoms with E-state index in [1.54, 1.807) is 18.2 Å². The Morgan fingerprint density at radius 3 is 2.85 bits per heavy atom. The number of non-ortho nitro benzene ring substituents is 1. The number of carbonyl (C=O) groups is 1. The highest BCUT2D eigenvalue weighted by molar-refractivity contribution is 6.30. The molecule has 0 aliphatic rings. The Kier molecular flexibility index (Phi) is 4.85. The van der Waals surface area contributed by atoms with E-state index in [0.717, 1.165) is 0 Å². The maximum atomic E-state index is 12.1.